The van der Waals surface area contributed by atoms with Gasteiger partial charge in [0.15, 0.2) is 34.7 Å². The molecule has 0 aliphatic heterocycles. The van der Waals surface area contributed by atoms with E-state index in [1.807, 2.05) is 0 Å². The van der Waals surface area contributed by atoms with Gasteiger partial charge in [0, 0.05) is 23.8 Å². The summed E-state index contributed by atoms with van der Waals surface area (Å²) in [5, 5.41) is 33.8. The van der Waals surface area contributed by atoms with E-state index in [-0.39, 0.29) is 11.3 Å². The van der Waals surface area contributed by atoms with E-state index in [1.165, 1.54) is 7.11 Å². The lowest BCUT2D eigenvalue weighted by Crippen LogP contribution is -2.72. The van der Waals surface area contributed by atoms with Crippen molar-refractivity contribution in [3.8, 4) is 22.6 Å². The number of hydrogen-bond donors (Lipinski definition) is 4. The van der Waals surface area contributed by atoms with Crippen LogP contribution in [0.1, 0.15) is 35.2 Å². The molecule has 10 heteroatoms. The number of rotatable bonds is 3. The highest BCUT2D eigenvalue weighted by Crippen LogP contribution is 2.54. The first-order chi connectivity index (χ1) is 17.4. The second-order valence-electron chi connectivity index (χ2n) is 9.96. The van der Waals surface area contributed by atoms with Gasteiger partial charge in [0.25, 0.3) is 0 Å². The molecular weight excluding hydrogens is 482 g/mol. The normalized spacial score (nSPS) is 32.9. The largest absolute Gasteiger partial charge is 0.507 e. The summed E-state index contributed by atoms with van der Waals surface area (Å²) in [6, 6.07) is 9.98. The van der Waals surface area contributed by atoms with Crippen molar-refractivity contribution in [1.29, 1.82) is 0 Å². The van der Waals surface area contributed by atoms with Crippen molar-refractivity contribution in [2.45, 2.75) is 31.0 Å². The van der Waals surface area contributed by atoms with Crippen molar-refractivity contribution >= 4 is 29.0 Å². The van der Waals surface area contributed by atoms with Crippen molar-refractivity contribution in [3.63, 3.8) is 0 Å². The topological polar surface area (TPSA) is 181 Å². The minimum absolute atomic E-state index is 0.143. The van der Waals surface area contributed by atoms with Crippen LogP contribution in [0, 0.1) is 23.7 Å². The fourth-order valence-electron chi connectivity index (χ4n) is 6.36. The van der Waals surface area contributed by atoms with E-state index in [1.54, 1.807) is 43.3 Å². The number of primary amides is 1. The summed E-state index contributed by atoms with van der Waals surface area (Å²) in [4.78, 5) is 64.8. The molecule has 0 aromatic heterocycles. The molecule has 2 aromatic carbocycles. The summed E-state index contributed by atoms with van der Waals surface area (Å²) in [5.74, 6) is -12.5. The van der Waals surface area contributed by atoms with Crippen LogP contribution in [-0.2, 0) is 19.2 Å². The van der Waals surface area contributed by atoms with Crippen LogP contribution in [0.5, 0.6) is 11.5 Å². The summed E-state index contributed by atoms with van der Waals surface area (Å²) in [6.07, 6.45) is -2.22. The van der Waals surface area contributed by atoms with E-state index >= 15 is 0 Å². The molecular formula is C27H25NO9. The zero-order valence-electron chi connectivity index (χ0n) is 20.0. The summed E-state index contributed by atoms with van der Waals surface area (Å²) in [5.41, 5.74) is 3.38. The molecule has 5 rings (SSSR count). The van der Waals surface area contributed by atoms with Gasteiger partial charge in [0.1, 0.15) is 11.5 Å². The van der Waals surface area contributed by atoms with Gasteiger partial charge >= 0.3 is 0 Å². The number of aliphatic hydroxyl groups excluding tert-OH is 1. The van der Waals surface area contributed by atoms with Gasteiger partial charge in [-0.1, -0.05) is 31.2 Å². The van der Waals surface area contributed by atoms with Crippen molar-refractivity contribution in [2.75, 3.05) is 7.11 Å². The van der Waals surface area contributed by atoms with Gasteiger partial charge < -0.3 is 25.8 Å². The SMILES string of the molecule is COc1ccc(-c2ccc3c(c2O)C(=O)C2C(=O)[C@]4(O)C(=O)C(C(N)=O)C(=O)C[C@@H]4[C@@H](O)[C@@H]2[C@H]3C)cc1. The Hall–Kier alpha value is -3.89. The molecule has 0 spiro atoms. The molecule has 2 fully saturated rings. The summed E-state index contributed by atoms with van der Waals surface area (Å²) in [7, 11) is 1.51. The molecule has 3 aliphatic carbocycles. The average Bonchev–Trinajstić information content (AvgIpc) is 2.86. The van der Waals surface area contributed by atoms with Gasteiger partial charge in [-0.2, -0.15) is 0 Å². The average molecular weight is 507 g/mol. The Labute approximate surface area is 211 Å². The quantitative estimate of drug-likeness (QED) is 0.431. The number of phenolic OH excluding ortho intramolecular Hbond substituents is 1. The van der Waals surface area contributed by atoms with E-state index < -0.39 is 76.8 Å². The Morgan fingerprint density at radius 1 is 1.05 bits per heavy atom. The number of carbonyl (C=O) groups excluding carboxylic acids is 5. The monoisotopic (exact) mass is 507 g/mol. The van der Waals surface area contributed by atoms with Gasteiger partial charge in [0.05, 0.1) is 24.7 Å². The third kappa shape index (κ3) is 3.22. The molecule has 2 aromatic rings. The van der Waals surface area contributed by atoms with Crippen molar-refractivity contribution in [2.24, 2.45) is 29.4 Å². The molecule has 0 saturated heterocycles. The first kappa shape index (κ1) is 24.8. The standard InChI is InChI=1S/C27H25NO9/c1-10-13-7-8-14(11-3-5-12(37-2)6-4-11)21(30)18(13)23(32)20-17(10)22(31)15-9-16(29)19(26(28)35)24(33)27(15,36)25(20)34/h3-8,10,15,17,19-20,22,30-31,36H,9H2,1-2H3,(H2,28,35)/t10-,15+,17+,19?,20?,22+,27+/m0/s1. The number of amides is 1. The van der Waals surface area contributed by atoms with Crippen LogP contribution in [0.4, 0.5) is 0 Å². The molecule has 1 amide bonds. The van der Waals surface area contributed by atoms with Gasteiger partial charge in [-0.15, -0.1) is 0 Å². The second kappa shape index (κ2) is 8.32. The van der Waals surface area contributed by atoms with E-state index in [0.29, 0.717) is 22.4 Å². The predicted octanol–water partition coefficient (Wildman–Crippen LogP) is 0.534. The number of ether oxygens (including phenoxy) is 1. The smallest absolute Gasteiger partial charge is 0.235 e. The second-order valence-corrected chi connectivity index (χ2v) is 9.96. The van der Waals surface area contributed by atoms with Crippen LogP contribution in [0.2, 0.25) is 0 Å². The third-order valence-corrected chi connectivity index (χ3v) is 8.26. The van der Waals surface area contributed by atoms with Gasteiger partial charge in [0.2, 0.25) is 5.91 Å². The Balaban J connectivity index is 1.64. The van der Waals surface area contributed by atoms with Gasteiger partial charge in [-0.3, -0.25) is 24.0 Å². The summed E-state index contributed by atoms with van der Waals surface area (Å²) < 4.78 is 5.15. The highest BCUT2D eigenvalue weighted by Gasteiger charge is 2.69. The minimum atomic E-state index is -2.94. The van der Waals surface area contributed by atoms with Crippen LogP contribution < -0.4 is 10.5 Å². The van der Waals surface area contributed by atoms with E-state index in [2.05, 4.69) is 0 Å². The number of fused-ring (bicyclic) bond motifs is 3. The van der Waals surface area contributed by atoms with Gasteiger partial charge in [-0.25, -0.2) is 0 Å². The molecule has 192 valence electrons. The number of hydrogen-bond acceptors (Lipinski definition) is 9. The lowest BCUT2D eigenvalue weighted by Gasteiger charge is -2.52. The number of methoxy groups -OCH3 is 1. The van der Waals surface area contributed by atoms with Crippen molar-refractivity contribution in [3.05, 3.63) is 47.5 Å². The minimum Gasteiger partial charge on any atom is -0.507 e. The molecule has 5 N–H and O–H groups in total. The van der Waals surface area contributed by atoms with Crippen LogP contribution >= 0.6 is 0 Å². The molecule has 0 bridgehead atoms. The van der Waals surface area contributed by atoms with E-state index in [4.69, 9.17) is 10.5 Å². The van der Waals surface area contributed by atoms with Crippen LogP contribution in [-0.4, -0.2) is 63.2 Å². The van der Waals surface area contributed by atoms with E-state index in [9.17, 15) is 39.3 Å². The predicted molar refractivity (Wildman–Crippen MR) is 127 cm³/mol. The maximum absolute atomic E-state index is 13.8. The lowest BCUT2D eigenvalue weighted by atomic mass is 9.50. The molecule has 0 heterocycles. The Morgan fingerprint density at radius 3 is 2.30 bits per heavy atom. The molecule has 7 atom stereocenters. The number of Topliss-reactive ketones (excluding diaryl/α,β-unsaturated/α-hetero) is 4. The highest BCUT2D eigenvalue weighted by atomic mass is 16.5. The first-order valence-electron chi connectivity index (χ1n) is 11.8. The summed E-state index contributed by atoms with van der Waals surface area (Å²) >= 11 is 0. The van der Waals surface area contributed by atoms with Crippen LogP contribution in [0.3, 0.4) is 0 Å². The molecule has 37 heavy (non-hydrogen) atoms. The maximum atomic E-state index is 13.8. The zero-order valence-corrected chi connectivity index (χ0v) is 20.0. The fraction of sp³-hybridized carbons (Fsp3) is 0.370. The van der Waals surface area contributed by atoms with Crippen LogP contribution in [0.25, 0.3) is 11.1 Å². The number of aliphatic hydroxyl groups is 2. The molecule has 3 aliphatic rings. The number of carbonyl (C=O) groups is 5. The Bertz CT molecular complexity index is 1380. The highest BCUT2D eigenvalue weighted by molar-refractivity contribution is 6.31. The number of ketones is 4. The molecule has 0 radical (unpaired) electrons. The van der Waals surface area contributed by atoms with Gasteiger partial charge in [-0.05, 0) is 29.2 Å². The molecule has 2 unspecified atom stereocenters. The Morgan fingerprint density at radius 2 is 1.70 bits per heavy atom. The van der Waals surface area contributed by atoms with Crippen molar-refractivity contribution in [1.82, 2.24) is 0 Å². The maximum Gasteiger partial charge on any atom is 0.235 e. The Kier molecular flexibility index (Phi) is 5.58. The van der Waals surface area contributed by atoms with E-state index in [0.717, 1.165) is 0 Å². The van der Waals surface area contributed by atoms with Crippen molar-refractivity contribution < 1.29 is 44.0 Å². The number of phenols is 1. The lowest BCUT2D eigenvalue weighted by molar-refractivity contribution is -0.189. The van der Waals surface area contributed by atoms with Crippen LogP contribution in [0.15, 0.2) is 36.4 Å². The number of aromatic hydroxyl groups is 1. The molecule has 2 saturated carbocycles. The third-order valence-electron chi connectivity index (χ3n) is 8.26. The number of benzene rings is 2. The zero-order chi connectivity index (χ0) is 27.0. The fourth-order valence-corrected chi connectivity index (χ4v) is 6.36. The summed E-state index contributed by atoms with van der Waals surface area (Å²) in [6.45, 7) is 1.66. The number of nitrogens with two attached hydrogens (primary N) is 1. The molecule has 10 nitrogen and oxygen atoms in total. The first-order valence-corrected chi connectivity index (χ1v) is 11.8.